The highest BCUT2D eigenvalue weighted by Gasteiger charge is 2.20. The number of hydrogen-bond acceptors (Lipinski definition) is 4. The van der Waals surface area contributed by atoms with E-state index in [0.717, 1.165) is 12.5 Å². The Hall–Kier alpha value is -1.56. The number of alkyl halides is 1. The molecule has 0 aromatic carbocycles. The molecule has 7 heteroatoms. The molecule has 1 rings (SSSR count). The number of nitrogens with one attached hydrogen (secondary N) is 1. The van der Waals surface area contributed by atoms with Crippen LogP contribution in [0.2, 0.25) is 0 Å². The van der Waals surface area contributed by atoms with Crippen LogP contribution < -0.4 is 5.32 Å². The second-order valence-corrected chi connectivity index (χ2v) is 4.66. The van der Waals surface area contributed by atoms with Crippen LogP contribution in [-0.4, -0.2) is 22.8 Å². The first-order chi connectivity index (χ1) is 8.43. The van der Waals surface area contributed by atoms with Gasteiger partial charge in [0.05, 0.1) is 6.07 Å². The molecule has 100 valence electrons. The van der Waals surface area contributed by atoms with Gasteiger partial charge in [0.15, 0.2) is 5.76 Å². The summed E-state index contributed by atoms with van der Waals surface area (Å²) in [6.45, 7) is 4.03. The number of amides is 1. The van der Waals surface area contributed by atoms with Crippen LogP contribution in [0.1, 0.15) is 30.8 Å². The molecule has 0 aliphatic carbocycles. The number of carbonyl (C=O) groups excluding carboxylic acids is 1. The number of nitro groups is 1. The summed E-state index contributed by atoms with van der Waals surface area (Å²) in [7, 11) is 0. The zero-order chi connectivity index (χ0) is 13.7. The van der Waals surface area contributed by atoms with E-state index in [9.17, 15) is 14.9 Å². The van der Waals surface area contributed by atoms with Crippen LogP contribution in [-0.2, 0) is 0 Å². The number of furan rings is 1. The van der Waals surface area contributed by atoms with E-state index < -0.39 is 16.7 Å². The SMILES string of the molecule is CC(C)CC(CCl)NC(=O)c1ccc([N+](=O)[O-])o1. The predicted octanol–water partition coefficient (Wildman–Crippen LogP) is 2.57. The number of halogens is 1. The highest BCUT2D eigenvalue weighted by atomic mass is 35.5. The van der Waals surface area contributed by atoms with Crippen molar-refractivity contribution in [1.82, 2.24) is 5.32 Å². The average molecular weight is 275 g/mol. The van der Waals surface area contributed by atoms with Gasteiger partial charge in [-0.15, -0.1) is 11.6 Å². The van der Waals surface area contributed by atoms with Gasteiger partial charge < -0.3 is 9.73 Å². The van der Waals surface area contributed by atoms with Crippen LogP contribution in [0, 0.1) is 16.0 Å². The van der Waals surface area contributed by atoms with Gasteiger partial charge in [-0.2, -0.15) is 0 Å². The van der Waals surface area contributed by atoms with E-state index >= 15 is 0 Å². The predicted molar refractivity (Wildman–Crippen MR) is 66.8 cm³/mol. The molecule has 0 bridgehead atoms. The van der Waals surface area contributed by atoms with E-state index in [1.165, 1.54) is 6.07 Å². The molecular formula is C11H15ClN2O4. The Morgan fingerprint density at radius 3 is 2.67 bits per heavy atom. The molecule has 0 aliphatic rings. The van der Waals surface area contributed by atoms with Gasteiger partial charge in [0.25, 0.3) is 5.91 Å². The van der Waals surface area contributed by atoms with Crippen molar-refractivity contribution >= 4 is 23.4 Å². The van der Waals surface area contributed by atoms with Gasteiger partial charge in [0, 0.05) is 11.9 Å². The summed E-state index contributed by atoms with van der Waals surface area (Å²) < 4.78 is 4.80. The zero-order valence-corrected chi connectivity index (χ0v) is 10.9. The summed E-state index contributed by atoms with van der Waals surface area (Å²) in [6.07, 6.45) is 0.734. The number of hydrogen-bond donors (Lipinski definition) is 1. The number of nitrogens with zero attached hydrogens (tertiary/aromatic N) is 1. The molecule has 1 aromatic heterocycles. The average Bonchev–Trinajstić information content (AvgIpc) is 2.76. The molecule has 1 amide bonds. The number of carbonyl (C=O) groups is 1. The second kappa shape index (κ2) is 6.39. The fourth-order valence-electron chi connectivity index (χ4n) is 1.53. The molecule has 1 unspecified atom stereocenters. The molecule has 6 nitrogen and oxygen atoms in total. The van der Waals surface area contributed by atoms with E-state index in [4.69, 9.17) is 16.0 Å². The lowest BCUT2D eigenvalue weighted by Crippen LogP contribution is -2.36. The second-order valence-electron chi connectivity index (χ2n) is 4.35. The maximum Gasteiger partial charge on any atom is 0.433 e. The molecule has 0 fully saturated rings. The highest BCUT2D eigenvalue weighted by Crippen LogP contribution is 2.16. The smallest absolute Gasteiger partial charge is 0.395 e. The van der Waals surface area contributed by atoms with Crippen molar-refractivity contribution in [3.05, 3.63) is 28.0 Å². The molecule has 1 heterocycles. The van der Waals surface area contributed by atoms with E-state index in [1.54, 1.807) is 0 Å². The minimum atomic E-state index is -0.691. The third kappa shape index (κ3) is 4.03. The van der Waals surface area contributed by atoms with E-state index in [0.29, 0.717) is 5.92 Å². The molecule has 0 aliphatic heterocycles. The first kappa shape index (κ1) is 14.5. The summed E-state index contributed by atoms with van der Waals surface area (Å²) in [4.78, 5) is 21.5. The fraction of sp³-hybridized carbons (Fsp3) is 0.545. The van der Waals surface area contributed by atoms with Gasteiger partial charge >= 0.3 is 5.88 Å². The Labute approximate surface area is 109 Å². The minimum absolute atomic E-state index is 0.0828. The Kier molecular flexibility index (Phi) is 5.15. The first-order valence-electron chi connectivity index (χ1n) is 5.55. The van der Waals surface area contributed by atoms with Gasteiger partial charge in [-0.1, -0.05) is 13.8 Å². The van der Waals surface area contributed by atoms with Crippen LogP contribution in [0.25, 0.3) is 0 Å². The molecule has 18 heavy (non-hydrogen) atoms. The van der Waals surface area contributed by atoms with Crippen LogP contribution in [0.4, 0.5) is 5.88 Å². The molecule has 0 radical (unpaired) electrons. The summed E-state index contributed by atoms with van der Waals surface area (Å²) in [5.74, 6) is -0.353. The largest absolute Gasteiger partial charge is 0.433 e. The molecule has 1 N–H and O–H groups in total. The fourth-order valence-corrected chi connectivity index (χ4v) is 1.74. The quantitative estimate of drug-likeness (QED) is 0.491. The normalized spacial score (nSPS) is 12.4. The molecule has 0 spiro atoms. The molecular weight excluding hydrogens is 260 g/mol. The Balaban J connectivity index is 2.65. The summed E-state index contributed by atoms with van der Waals surface area (Å²) in [5.41, 5.74) is 0. The van der Waals surface area contributed by atoms with Gasteiger partial charge in [-0.05, 0) is 18.4 Å². The summed E-state index contributed by atoms with van der Waals surface area (Å²) >= 11 is 5.75. The zero-order valence-electron chi connectivity index (χ0n) is 10.2. The van der Waals surface area contributed by atoms with Gasteiger partial charge in [-0.3, -0.25) is 14.9 Å². The van der Waals surface area contributed by atoms with E-state index in [2.05, 4.69) is 5.32 Å². The van der Waals surface area contributed by atoms with Gasteiger partial charge in [0.1, 0.15) is 4.92 Å². The Bertz CT molecular complexity index is 430. The topological polar surface area (TPSA) is 85.4 Å². The van der Waals surface area contributed by atoms with Crippen molar-refractivity contribution in [3.63, 3.8) is 0 Å². The van der Waals surface area contributed by atoms with E-state index in [-0.39, 0.29) is 17.7 Å². The van der Waals surface area contributed by atoms with Crippen LogP contribution in [0.15, 0.2) is 16.5 Å². The monoisotopic (exact) mass is 274 g/mol. The minimum Gasteiger partial charge on any atom is -0.395 e. The van der Waals surface area contributed by atoms with Crippen LogP contribution >= 0.6 is 11.6 Å². The molecule has 0 saturated carbocycles. The Morgan fingerprint density at radius 2 is 2.22 bits per heavy atom. The van der Waals surface area contributed by atoms with Crippen molar-refractivity contribution in [1.29, 1.82) is 0 Å². The highest BCUT2D eigenvalue weighted by molar-refractivity contribution is 6.18. The maximum atomic E-state index is 11.7. The lowest BCUT2D eigenvalue weighted by atomic mass is 10.1. The van der Waals surface area contributed by atoms with Crippen LogP contribution in [0.5, 0.6) is 0 Å². The third-order valence-electron chi connectivity index (χ3n) is 2.27. The summed E-state index contributed by atoms with van der Waals surface area (Å²) in [6, 6.07) is 2.24. The lowest BCUT2D eigenvalue weighted by Gasteiger charge is -2.17. The van der Waals surface area contributed by atoms with Crippen LogP contribution in [0.3, 0.4) is 0 Å². The van der Waals surface area contributed by atoms with E-state index in [1.807, 2.05) is 13.8 Å². The standard InChI is InChI=1S/C11H15ClN2O4/c1-7(2)5-8(6-12)13-11(15)9-3-4-10(18-9)14(16)17/h3-4,7-8H,5-6H2,1-2H3,(H,13,15). The number of rotatable bonds is 6. The van der Waals surface area contributed by atoms with Crippen molar-refractivity contribution in [2.45, 2.75) is 26.3 Å². The maximum absolute atomic E-state index is 11.7. The molecule has 0 saturated heterocycles. The third-order valence-corrected chi connectivity index (χ3v) is 2.65. The van der Waals surface area contributed by atoms with Crippen molar-refractivity contribution in [3.8, 4) is 0 Å². The van der Waals surface area contributed by atoms with Crippen molar-refractivity contribution in [2.24, 2.45) is 5.92 Å². The van der Waals surface area contributed by atoms with Gasteiger partial charge in [0.2, 0.25) is 0 Å². The first-order valence-corrected chi connectivity index (χ1v) is 6.08. The van der Waals surface area contributed by atoms with Gasteiger partial charge in [-0.25, -0.2) is 0 Å². The molecule has 1 atom stereocenters. The molecule has 1 aromatic rings. The summed E-state index contributed by atoms with van der Waals surface area (Å²) in [5, 5.41) is 13.1. The van der Waals surface area contributed by atoms with Crippen molar-refractivity contribution in [2.75, 3.05) is 5.88 Å². The Morgan fingerprint density at radius 1 is 1.56 bits per heavy atom. The van der Waals surface area contributed by atoms with Crippen molar-refractivity contribution < 1.29 is 14.1 Å². The lowest BCUT2D eigenvalue weighted by molar-refractivity contribution is -0.402.